The van der Waals surface area contributed by atoms with Gasteiger partial charge in [0.1, 0.15) is 11.1 Å². The van der Waals surface area contributed by atoms with Crippen molar-refractivity contribution in [2.75, 3.05) is 11.5 Å². The zero-order valence-corrected chi connectivity index (χ0v) is 20.8. The van der Waals surface area contributed by atoms with Gasteiger partial charge in [-0.25, -0.2) is 16.8 Å². The third kappa shape index (κ3) is 9.20. The van der Waals surface area contributed by atoms with Gasteiger partial charge in [0.15, 0.2) is 19.7 Å². The molecular weight excluding hydrogens is 528 g/mol. The molecule has 16 heteroatoms. The van der Waals surface area contributed by atoms with Gasteiger partial charge < -0.3 is 0 Å². The molecule has 0 aliphatic heterocycles. The van der Waals surface area contributed by atoms with Gasteiger partial charge in [0, 0.05) is 0 Å². The number of sulfone groups is 2. The quantitative estimate of drug-likeness (QED) is 0.156. The third-order valence-electron chi connectivity index (χ3n) is 3.99. The molecule has 0 amide bonds. The average Bonchev–Trinajstić information content (AvgIpc) is 2.77. The molecule has 0 heterocycles. The molecular formula is C18H22N4O8S4. The van der Waals surface area contributed by atoms with Crippen molar-refractivity contribution in [2.24, 2.45) is 10.2 Å². The number of hydrazone groups is 2. The Morgan fingerprint density at radius 2 is 0.882 bits per heavy atom. The van der Waals surface area contributed by atoms with Crippen LogP contribution in [0.4, 0.5) is 0 Å². The molecule has 0 atom stereocenters. The first-order valence-corrected chi connectivity index (χ1v) is 15.9. The molecule has 2 aromatic rings. The second-order valence-corrected chi connectivity index (χ2v) is 13.9. The summed E-state index contributed by atoms with van der Waals surface area (Å²) in [5.74, 6) is -0.951. The number of sulfonamides is 2. The van der Waals surface area contributed by atoms with Crippen LogP contribution in [0, 0.1) is 0 Å². The molecule has 0 saturated heterocycles. The van der Waals surface area contributed by atoms with Gasteiger partial charge in [0.2, 0.25) is 0 Å². The van der Waals surface area contributed by atoms with Gasteiger partial charge in [-0.2, -0.15) is 36.7 Å². The minimum absolute atomic E-state index is 0.0669. The number of nitrogens with one attached hydrogen (secondary N) is 2. The molecule has 0 fully saturated rings. The summed E-state index contributed by atoms with van der Waals surface area (Å²) < 4.78 is 95.7. The Bertz CT molecular complexity index is 1320. The summed E-state index contributed by atoms with van der Waals surface area (Å²) in [4.78, 5) is 3.38. The molecule has 0 spiro atoms. The van der Waals surface area contributed by atoms with Crippen molar-refractivity contribution in [1.82, 2.24) is 9.66 Å². The van der Waals surface area contributed by atoms with Crippen LogP contribution in [0.15, 0.2) is 80.7 Å². The lowest BCUT2D eigenvalue weighted by atomic mass is 10.4. The normalized spacial score (nSPS) is 13.3. The summed E-state index contributed by atoms with van der Waals surface area (Å²) in [6.07, 6.45) is -0.134. The number of unbranched alkanes of at least 4 members (excludes halogenated alkanes) is 1. The fourth-order valence-corrected chi connectivity index (χ4v) is 5.97. The molecule has 0 aromatic heterocycles. The Morgan fingerprint density at radius 1 is 0.559 bits per heavy atom. The van der Waals surface area contributed by atoms with Gasteiger partial charge in [-0.3, -0.25) is 0 Å². The van der Waals surface area contributed by atoms with Crippen LogP contribution in [0.1, 0.15) is 12.8 Å². The first kappa shape index (κ1) is 27.4. The van der Waals surface area contributed by atoms with Crippen molar-refractivity contribution in [2.45, 2.75) is 22.6 Å². The smallest absolute Gasteiger partial charge is 0.223 e. The van der Waals surface area contributed by atoms with Crippen molar-refractivity contribution in [3.63, 3.8) is 0 Å². The van der Waals surface area contributed by atoms with Crippen LogP contribution < -0.4 is 9.66 Å². The van der Waals surface area contributed by atoms with Gasteiger partial charge >= 0.3 is 0 Å². The zero-order valence-electron chi connectivity index (χ0n) is 17.6. The SMILES string of the molecule is O=S(=O)(C=NNS(=O)(=O)c1ccccc1)CCCCS(=O)(=O)C=NNS(=O)(=O)c1ccccc1. The highest BCUT2D eigenvalue weighted by molar-refractivity contribution is 8.04. The maximum absolute atomic E-state index is 12.0. The van der Waals surface area contributed by atoms with Crippen LogP contribution in [0.2, 0.25) is 0 Å². The van der Waals surface area contributed by atoms with Crippen LogP contribution in [0.3, 0.4) is 0 Å². The van der Waals surface area contributed by atoms with E-state index in [9.17, 15) is 33.7 Å². The van der Waals surface area contributed by atoms with Gasteiger partial charge in [-0.1, -0.05) is 36.4 Å². The fourth-order valence-electron chi connectivity index (χ4n) is 2.36. The second kappa shape index (κ2) is 11.5. The first-order valence-electron chi connectivity index (χ1n) is 9.48. The molecule has 0 aliphatic carbocycles. The van der Waals surface area contributed by atoms with E-state index >= 15 is 0 Å². The first-order chi connectivity index (χ1) is 15.8. The lowest BCUT2D eigenvalue weighted by Gasteiger charge is -2.03. The number of rotatable bonds is 13. The Morgan fingerprint density at radius 3 is 1.21 bits per heavy atom. The van der Waals surface area contributed by atoms with Crippen molar-refractivity contribution >= 4 is 50.8 Å². The summed E-state index contributed by atoms with van der Waals surface area (Å²) in [5, 5.41) is 6.50. The zero-order chi connectivity index (χ0) is 25.3. The van der Waals surface area contributed by atoms with E-state index in [0.29, 0.717) is 11.1 Å². The molecule has 12 nitrogen and oxygen atoms in total. The summed E-state index contributed by atoms with van der Waals surface area (Å²) in [7, 11) is -15.9. The van der Waals surface area contributed by atoms with E-state index in [4.69, 9.17) is 0 Å². The van der Waals surface area contributed by atoms with Gasteiger partial charge in [0.25, 0.3) is 20.0 Å². The molecule has 2 aromatic carbocycles. The largest absolute Gasteiger partial charge is 0.276 e. The van der Waals surface area contributed by atoms with Crippen molar-refractivity contribution in [3.8, 4) is 0 Å². The summed E-state index contributed by atoms with van der Waals surface area (Å²) in [6, 6.07) is 14.4. The molecule has 0 bridgehead atoms. The summed E-state index contributed by atoms with van der Waals surface area (Å²) in [5.41, 5.74) is 0.892. The predicted molar refractivity (Wildman–Crippen MR) is 127 cm³/mol. The summed E-state index contributed by atoms with van der Waals surface area (Å²) in [6.45, 7) is 0. The third-order valence-corrected chi connectivity index (χ3v) is 9.03. The molecule has 0 radical (unpaired) electrons. The van der Waals surface area contributed by atoms with E-state index in [0.717, 1.165) is 0 Å². The van der Waals surface area contributed by atoms with E-state index in [-0.39, 0.29) is 22.6 Å². The Labute approximate surface area is 198 Å². The highest BCUT2D eigenvalue weighted by Crippen LogP contribution is 2.08. The Balaban J connectivity index is 1.81. The standard InChI is InChI=1S/C18H22N4O8S4/c23-31(24,15-19-21-33(27,28)17-9-3-1-4-10-17)13-7-8-14-32(25,26)16-20-22-34(29,30)18-11-5-2-6-12-18/h1-6,9-12,15-16,21-22H,7-8,13-14H2. The van der Waals surface area contributed by atoms with Crippen LogP contribution in [0.5, 0.6) is 0 Å². The van der Waals surface area contributed by atoms with Crippen molar-refractivity contribution in [1.29, 1.82) is 0 Å². The molecule has 0 saturated carbocycles. The highest BCUT2D eigenvalue weighted by Gasteiger charge is 2.15. The van der Waals surface area contributed by atoms with Crippen molar-refractivity contribution in [3.05, 3.63) is 60.7 Å². The van der Waals surface area contributed by atoms with Gasteiger partial charge in [-0.15, -0.1) is 0 Å². The van der Waals surface area contributed by atoms with Crippen LogP contribution in [-0.4, -0.2) is 56.3 Å². The van der Waals surface area contributed by atoms with E-state index in [1.54, 1.807) is 21.8 Å². The van der Waals surface area contributed by atoms with Crippen LogP contribution in [0.25, 0.3) is 0 Å². The summed E-state index contributed by atoms with van der Waals surface area (Å²) >= 11 is 0. The topological polar surface area (TPSA) is 185 Å². The van der Waals surface area contributed by atoms with Gasteiger partial charge in [0.05, 0.1) is 21.3 Å². The monoisotopic (exact) mass is 550 g/mol. The Kier molecular flexibility index (Phi) is 9.31. The highest BCUT2D eigenvalue weighted by atomic mass is 32.2. The molecule has 186 valence electrons. The molecule has 2 N–H and O–H groups in total. The fraction of sp³-hybridized carbons (Fsp3) is 0.222. The molecule has 0 unspecified atom stereocenters. The maximum Gasteiger partial charge on any atom is 0.276 e. The minimum Gasteiger partial charge on any atom is -0.223 e. The molecule has 34 heavy (non-hydrogen) atoms. The lowest BCUT2D eigenvalue weighted by molar-refractivity contribution is 0.582. The number of nitrogens with zero attached hydrogens (tertiary/aromatic N) is 2. The van der Waals surface area contributed by atoms with E-state index in [1.807, 2.05) is 0 Å². The van der Waals surface area contributed by atoms with Crippen LogP contribution in [-0.2, 0) is 39.7 Å². The van der Waals surface area contributed by atoms with Gasteiger partial charge in [-0.05, 0) is 37.1 Å². The average molecular weight is 551 g/mol. The number of benzene rings is 2. The Hall–Kier alpha value is -2.82. The molecule has 2 rings (SSSR count). The van der Waals surface area contributed by atoms with E-state index in [1.165, 1.54) is 48.5 Å². The van der Waals surface area contributed by atoms with E-state index < -0.39 is 51.2 Å². The minimum atomic E-state index is -4.02. The number of hydrogen-bond donors (Lipinski definition) is 2. The van der Waals surface area contributed by atoms with Crippen molar-refractivity contribution < 1.29 is 33.7 Å². The number of hydrogen-bond acceptors (Lipinski definition) is 10. The second-order valence-electron chi connectivity index (χ2n) is 6.73. The van der Waals surface area contributed by atoms with Crippen LogP contribution >= 0.6 is 0 Å². The molecule has 0 aliphatic rings. The lowest BCUT2D eigenvalue weighted by Crippen LogP contribution is -2.20. The predicted octanol–water partition coefficient (Wildman–Crippen LogP) is 0.440. The maximum atomic E-state index is 12.0. The van der Waals surface area contributed by atoms with E-state index in [2.05, 4.69) is 10.2 Å².